The zero-order valence-corrected chi connectivity index (χ0v) is 19.0. The first-order chi connectivity index (χ1) is 15.8. The zero-order valence-electron chi connectivity index (χ0n) is 19.0. The van der Waals surface area contributed by atoms with Crippen LogP contribution in [-0.4, -0.2) is 40.5 Å². The van der Waals surface area contributed by atoms with Crippen molar-refractivity contribution in [1.82, 2.24) is 20.4 Å². The number of aromatic nitrogens is 2. The molecule has 0 radical (unpaired) electrons. The lowest BCUT2D eigenvalue weighted by Gasteiger charge is -2.30. The molecule has 0 unspecified atom stereocenters. The number of hydrogen-bond acceptors (Lipinski definition) is 6. The molecule has 1 aromatic carbocycles. The van der Waals surface area contributed by atoms with Crippen molar-refractivity contribution in [2.24, 2.45) is 0 Å². The molecule has 1 saturated carbocycles. The Labute approximate surface area is 191 Å². The smallest absolute Gasteiger partial charge is 0.387 e. The number of nitrogens with one attached hydrogen (secondary N) is 1. The minimum Gasteiger partial charge on any atom is -0.435 e. The van der Waals surface area contributed by atoms with Gasteiger partial charge in [0.25, 0.3) is 0 Å². The number of hydrogen-bond donors (Lipinski definition) is 1. The van der Waals surface area contributed by atoms with E-state index >= 15 is 0 Å². The van der Waals surface area contributed by atoms with Crippen LogP contribution in [0.15, 0.2) is 28.8 Å². The van der Waals surface area contributed by atoms with E-state index in [0.29, 0.717) is 18.3 Å². The van der Waals surface area contributed by atoms with Crippen molar-refractivity contribution in [3.05, 3.63) is 41.5 Å². The van der Waals surface area contributed by atoms with Crippen molar-refractivity contribution in [1.29, 1.82) is 0 Å². The molecule has 1 aliphatic rings. The van der Waals surface area contributed by atoms with Gasteiger partial charge in [0.2, 0.25) is 17.7 Å². The number of rotatable bonds is 9. The van der Waals surface area contributed by atoms with Crippen LogP contribution in [0.3, 0.4) is 0 Å². The van der Waals surface area contributed by atoms with E-state index in [1.54, 1.807) is 24.1 Å². The topological polar surface area (TPSA) is 97.6 Å². The zero-order chi connectivity index (χ0) is 23.8. The summed E-state index contributed by atoms with van der Waals surface area (Å²) in [6, 6.07) is 6.16. The van der Waals surface area contributed by atoms with Gasteiger partial charge in [-0.25, -0.2) is 0 Å². The molecule has 1 fully saturated rings. The maximum atomic E-state index is 12.6. The van der Waals surface area contributed by atoms with E-state index in [9.17, 15) is 18.4 Å². The molecule has 1 aromatic heterocycles. The fourth-order valence-corrected chi connectivity index (χ4v) is 4.17. The number of ether oxygens (including phenoxy) is 1. The molecular weight excluding hydrogens is 434 g/mol. The number of carbonyl (C=O) groups excluding carboxylic acids is 2. The Morgan fingerprint density at radius 2 is 1.85 bits per heavy atom. The van der Waals surface area contributed by atoms with Crippen molar-refractivity contribution in [3.63, 3.8) is 0 Å². The average Bonchev–Trinajstić information content (AvgIpc) is 3.12. The Morgan fingerprint density at radius 1 is 1.18 bits per heavy atom. The third-order valence-electron chi connectivity index (χ3n) is 5.82. The van der Waals surface area contributed by atoms with Crippen LogP contribution in [-0.2, 0) is 28.1 Å². The largest absolute Gasteiger partial charge is 0.435 e. The van der Waals surface area contributed by atoms with Gasteiger partial charge in [0, 0.05) is 33.4 Å². The van der Waals surface area contributed by atoms with Gasteiger partial charge in [0.05, 0.1) is 0 Å². The van der Waals surface area contributed by atoms with Crippen LogP contribution in [0.1, 0.15) is 69.1 Å². The molecule has 0 atom stereocenters. The van der Waals surface area contributed by atoms with E-state index in [1.165, 1.54) is 19.1 Å². The molecule has 180 valence electrons. The Balaban J connectivity index is 1.56. The Kier molecular flexibility index (Phi) is 8.35. The second-order valence-corrected chi connectivity index (χ2v) is 8.46. The quantitative estimate of drug-likeness (QED) is 0.565. The highest BCUT2D eigenvalue weighted by molar-refractivity contribution is 5.76. The fourth-order valence-electron chi connectivity index (χ4n) is 4.17. The predicted octanol–water partition coefficient (Wildman–Crippen LogP) is 3.95. The van der Waals surface area contributed by atoms with Crippen LogP contribution in [0.2, 0.25) is 0 Å². The molecule has 8 nitrogen and oxygen atoms in total. The van der Waals surface area contributed by atoms with Gasteiger partial charge in [-0.1, -0.05) is 43.0 Å². The van der Waals surface area contributed by atoms with Crippen molar-refractivity contribution >= 4 is 11.8 Å². The second-order valence-electron chi connectivity index (χ2n) is 8.46. The number of carbonyl (C=O) groups is 2. The Bertz CT molecular complexity index is 925. The summed E-state index contributed by atoms with van der Waals surface area (Å²) in [6.45, 7) is -1.06. The third-order valence-corrected chi connectivity index (χ3v) is 5.82. The normalized spacial score (nSPS) is 15.7. The highest BCUT2D eigenvalue weighted by Gasteiger charge is 2.38. The van der Waals surface area contributed by atoms with Crippen LogP contribution in [0.5, 0.6) is 5.75 Å². The van der Waals surface area contributed by atoms with E-state index in [-0.39, 0.29) is 30.4 Å². The number of aryl methyl sites for hydroxylation is 1. The summed E-state index contributed by atoms with van der Waals surface area (Å²) in [5.74, 6) is 0.652. The number of halogens is 2. The predicted molar refractivity (Wildman–Crippen MR) is 115 cm³/mol. The molecule has 0 bridgehead atoms. The Morgan fingerprint density at radius 3 is 2.45 bits per heavy atom. The Hall–Kier alpha value is -3.04. The summed E-state index contributed by atoms with van der Waals surface area (Å²) in [5.41, 5.74) is 0.170. The molecule has 2 aromatic rings. The highest BCUT2D eigenvalue weighted by Crippen LogP contribution is 2.34. The lowest BCUT2D eigenvalue weighted by Crippen LogP contribution is -2.45. The number of benzene rings is 1. The summed E-state index contributed by atoms with van der Waals surface area (Å²) in [4.78, 5) is 30.4. The summed E-state index contributed by atoms with van der Waals surface area (Å²) in [6.07, 6.45) is 6.14. The number of amides is 2. The molecular formula is C23H30F2N4O4. The van der Waals surface area contributed by atoms with E-state index in [1.807, 2.05) is 0 Å². The van der Waals surface area contributed by atoms with Gasteiger partial charge < -0.3 is 19.5 Å². The molecule has 10 heteroatoms. The minimum absolute atomic E-state index is 0.0700. The molecule has 3 rings (SSSR count). The van der Waals surface area contributed by atoms with E-state index in [0.717, 1.165) is 44.1 Å². The van der Waals surface area contributed by atoms with Gasteiger partial charge in [-0.3, -0.25) is 9.59 Å². The average molecular weight is 465 g/mol. The maximum absolute atomic E-state index is 12.6. The van der Waals surface area contributed by atoms with E-state index in [4.69, 9.17) is 4.52 Å². The van der Waals surface area contributed by atoms with Crippen LogP contribution >= 0.6 is 0 Å². The molecule has 0 aliphatic heterocycles. The lowest BCUT2D eigenvalue weighted by atomic mass is 9.89. The summed E-state index contributed by atoms with van der Waals surface area (Å²) in [5, 5.41) is 7.17. The number of alkyl halides is 2. The summed E-state index contributed by atoms with van der Waals surface area (Å²) < 4.78 is 34.2. The summed E-state index contributed by atoms with van der Waals surface area (Å²) in [7, 11) is 1.67. The fraction of sp³-hybridized carbons (Fsp3) is 0.565. The second kappa shape index (κ2) is 11.2. The maximum Gasteiger partial charge on any atom is 0.387 e. The van der Waals surface area contributed by atoms with Gasteiger partial charge in [0.1, 0.15) is 11.3 Å². The van der Waals surface area contributed by atoms with Crippen molar-refractivity contribution in [3.8, 4) is 5.75 Å². The first-order valence-electron chi connectivity index (χ1n) is 11.2. The van der Waals surface area contributed by atoms with Crippen molar-refractivity contribution in [2.45, 2.75) is 77.0 Å². The summed E-state index contributed by atoms with van der Waals surface area (Å²) >= 11 is 0. The standard InChI is InChI=1S/C23H30F2N4O4/c1-16(30)27-23(13-5-3-4-6-14-23)21-26-19(33-28-21)11-12-20(31)29(2)15-17-7-9-18(10-8-17)32-22(24)25/h7-10,22H,3-6,11-15H2,1-2H3,(H,27,30). The highest BCUT2D eigenvalue weighted by atomic mass is 19.3. The lowest BCUT2D eigenvalue weighted by molar-refractivity contribution is -0.130. The molecule has 0 spiro atoms. The minimum atomic E-state index is -2.87. The third kappa shape index (κ3) is 6.97. The first-order valence-corrected chi connectivity index (χ1v) is 11.2. The van der Waals surface area contributed by atoms with Crippen LogP contribution < -0.4 is 10.1 Å². The number of nitrogens with zero attached hydrogens (tertiary/aromatic N) is 3. The molecule has 33 heavy (non-hydrogen) atoms. The van der Waals surface area contributed by atoms with Gasteiger partial charge in [-0.2, -0.15) is 13.8 Å². The monoisotopic (exact) mass is 464 g/mol. The van der Waals surface area contributed by atoms with Crippen molar-refractivity contribution in [2.75, 3.05) is 7.05 Å². The van der Waals surface area contributed by atoms with E-state index < -0.39 is 12.2 Å². The van der Waals surface area contributed by atoms with Crippen LogP contribution in [0.4, 0.5) is 8.78 Å². The van der Waals surface area contributed by atoms with Crippen LogP contribution in [0, 0.1) is 0 Å². The van der Waals surface area contributed by atoms with Crippen molar-refractivity contribution < 1.29 is 27.6 Å². The van der Waals surface area contributed by atoms with Gasteiger partial charge in [-0.05, 0) is 30.5 Å². The van der Waals surface area contributed by atoms with E-state index in [2.05, 4.69) is 20.2 Å². The molecule has 1 N–H and O–H groups in total. The first kappa shape index (κ1) is 24.6. The molecule has 0 saturated heterocycles. The van der Waals surface area contributed by atoms with Gasteiger partial charge in [-0.15, -0.1) is 0 Å². The van der Waals surface area contributed by atoms with Gasteiger partial charge >= 0.3 is 6.61 Å². The van der Waals surface area contributed by atoms with Gasteiger partial charge in [0.15, 0.2) is 5.82 Å². The molecule has 1 aliphatic carbocycles. The van der Waals surface area contributed by atoms with Crippen LogP contribution in [0.25, 0.3) is 0 Å². The molecule has 2 amide bonds. The molecule has 1 heterocycles. The SMILES string of the molecule is CC(=O)NC1(c2noc(CCC(=O)N(C)Cc3ccc(OC(F)F)cc3)n2)CCCCCC1.